The van der Waals surface area contributed by atoms with E-state index >= 15 is 0 Å². The van der Waals surface area contributed by atoms with Gasteiger partial charge in [0.15, 0.2) is 0 Å². The quantitative estimate of drug-likeness (QED) is 0.684. The fraction of sp³-hybridized carbons (Fsp3) is 0.632. The van der Waals surface area contributed by atoms with Crippen LogP contribution in [-0.2, 0) is 25.3 Å². The number of benzene rings is 1. The molecule has 1 N–H and O–H groups in total. The van der Waals surface area contributed by atoms with E-state index in [4.69, 9.17) is 16.3 Å². The van der Waals surface area contributed by atoms with Crippen molar-refractivity contribution in [1.82, 2.24) is 14.5 Å². The summed E-state index contributed by atoms with van der Waals surface area (Å²) in [4.78, 5) is 14.6. The highest BCUT2D eigenvalue weighted by molar-refractivity contribution is 7.88. The summed E-state index contributed by atoms with van der Waals surface area (Å²) >= 11 is 5.96. The van der Waals surface area contributed by atoms with Gasteiger partial charge in [-0.25, -0.2) is 17.1 Å². The number of nitrogens with one attached hydrogen (secondary N) is 1. The number of hydrogen-bond donors (Lipinski definition) is 1. The second kappa shape index (κ2) is 10.2. The SMILES string of the molecule is O=C(NCCN1CCOCC1)C1CCN(S(=O)(=O)Cc2c(F)cccc2Cl)CC1. The Hall–Kier alpha value is -1.26. The minimum atomic E-state index is -3.70. The number of halogens is 2. The Balaban J connectivity index is 1.45. The fourth-order valence-electron chi connectivity index (χ4n) is 3.65. The van der Waals surface area contributed by atoms with Crippen molar-refractivity contribution in [1.29, 1.82) is 0 Å². The Morgan fingerprint density at radius 2 is 1.90 bits per heavy atom. The maximum absolute atomic E-state index is 13.9. The van der Waals surface area contributed by atoms with Crippen molar-refractivity contribution >= 4 is 27.5 Å². The van der Waals surface area contributed by atoms with E-state index in [1.807, 2.05) is 0 Å². The molecule has 2 aliphatic rings. The van der Waals surface area contributed by atoms with Gasteiger partial charge in [-0.1, -0.05) is 17.7 Å². The molecule has 0 radical (unpaired) electrons. The van der Waals surface area contributed by atoms with E-state index in [9.17, 15) is 17.6 Å². The summed E-state index contributed by atoms with van der Waals surface area (Å²) in [5.41, 5.74) is -0.0165. The van der Waals surface area contributed by atoms with Crippen LogP contribution in [-0.4, -0.2) is 76.0 Å². The molecular weight excluding hydrogens is 421 g/mol. The third-order valence-electron chi connectivity index (χ3n) is 5.44. The van der Waals surface area contributed by atoms with Gasteiger partial charge in [-0.2, -0.15) is 0 Å². The van der Waals surface area contributed by atoms with Gasteiger partial charge in [-0.15, -0.1) is 0 Å². The Morgan fingerprint density at radius 1 is 1.21 bits per heavy atom. The van der Waals surface area contributed by atoms with Gasteiger partial charge < -0.3 is 10.1 Å². The number of nitrogens with zero attached hydrogens (tertiary/aromatic N) is 2. The number of morpholine rings is 1. The minimum Gasteiger partial charge on any atom is -0.379 e. The molecule has 2 heterocycles. The Morgan fingerprint density at radius 3 is 2.55 bits per heavy atom. The summed E-state index contributed by atoms with van der Waals surface area (Å²) in [5, 5.41) is 3.05. The molecule has 10 heteroatoms. The van der Waals surface area contributed by atoms with Gasteiger partial charge >= 0.3 is 0 Å². The minimum absolute atomic E-state index is 0.0165. The highest BCUT2D eigenvalue weighted by Crippen LogP contribution is 2.26. The molecule has 2 aliphatic heterocycles. The van der Waals surface area contributed by atoms with Gasteiger partial charge in [-0.05, 0) is 25.0 Å². The van der Waals surface area contributed by atoms with Crippen molar-refractivity contribution in [3.05, 3.63) is 34.6 Å². The average Bonchev–Trinajstić information content (AvgIpc) is 2.72. The topological polar surface area (TPSA) is 79.0 Å². The number of hydrogen-bond acceptors (Lipinski definition) is 5. The molecule has 29 heavy (non-hydrogen) atoms. The first-order valence-electron chi connectivity index (χ1n) is 9.85. The van der Waals surface area contributed by atoms with E-state index in [2.05, 4.69) is 10.2 Å². The number of sulfonamides is 1. The van der Waals surface area contributed by atoms with E-state index in [0.29, 0.717) is 19.4 Å². The molecule has 1 aromatic rings. The van der Waals surface area contributed by atoms with Crippen molar-refractivity contribution in [3.63, 3.8) is 0 Å². The monoisotopic (exact) mass is 447 g/mol. The fourth-order valence-corrected chi connectivity index (χ4v) is 5.56. The van der Waals surface area contributed by atoms with E-state index in [1.165, 1.54) is 22.5 Å². The number of carbonyl (C=O) groups excluding carboxylic acids is 1. The van der Waals surface area contributed by atoms with Crippen LogP contribution in [0.3, 0.4) is 0 Å². The van der Waals surface area contributed by atoms with Crippen LogP contribution in [0.25, 0.3) is 0 Å². The lowest BCUT2D eigenvalue weighted by atomic mass is 9.97. The number of amides is 1. The van der Waals surface area contributed by atoms with Crippen LogP contribution >= 0.6 is 11.6 Å². The second-order valence-electron chi connectivity index (χ2n) is 7.37. The van der Waals surface area contributed by atoms with E-state index in [1.54, 1.807) is 0 Å². The first-order chi connectivity index (χ1) is 13.9. The zero-order chi connectivity index (χ0) is 20.9. The summed E-state index contributed by atoms with van der Waals surface area (Å²) in [5.74, 6) is -1.35. The molecule has 0 aliphatic carbocycles. The zero-order valence-electron chi connectivity index (χ0n) is 16.3. The largest absolute Gasteiger partial charge is 0.379 e. The van der Waals surface area contributed by atoms with Gasteiger partial charge in [-0.3, -0.25) is 9.69 Å². The van der Waals surface area contributed by atoms with Crippen molar-refractivity contribution in [3.8, 4) is 0 Å². The summed E-state index contributed by atoms with van der Waals surface area (Å²) in [6, 6.07) is 4.12. The third-order valence-corrected chi connectivity index (χ3v) is 7.60. The summed E-state index contributed by atoms with van der Waals surface area (Å²) in [6.07, 6.45) is 0.904. The predicted molar refractivity (Wildman–Crippen MR) is 109 cm³/mol. The summed E-state index contributed by atoms with van der Waals surface area (Å²) in [6.45, 7) is 5.04. The smallest absolute Gasteiger partial charge is 0.223 e. The first-order valence-corrected chi connectivity index (χ1v) is 11.8. The molecular formula is C19H27ClFN3O4S. The van der Waals surface area contributed by atoms with Crippen LogP contribution in [0.4, 0.5) is 4.39 Å². The lowest BCUT2D eigenvalue weighted by molar-refractivity contribution is -0.126. The Labute approximate surface area is 176 Å². The normalized spacial score (nSPS) is 19.9. The Bertz CT molecular complexity index is 789. The number of rotatable bonds is 7. The molecule has 162 valence electrons. The number of carbonyl (C=O) groups is 1. The maximum atomic E-state index is 13.9. The molecule has 0 atom stereocenters. The lowest BCUT2D eigenvalue weighted by Gasteiger charge is -2.31. The molecule has 0 unspecified atom stereocenters. The molecule has 0 aromatic heterocycles. The maximum Gasteiger partial charge on any atom is 0.223 e. The number of ether oxygens (including phenoxy) is 1. The molecule has 2 saturated heterocycles. The van der Waals surface area contributed by atoms with Crippen molar-refractivity contribution in [2.24, 2.45) is 5.92 Å². The van der Waals surface area contributed by atoms with Crippen molar-refractivity contribution in [2.45, 2.75) is 18.6 Å². The lowest BCUT2D eigenvalue weighted by Crippen LogP contribution is -2.45. The highest BCUT2D eigenvalue weighted by atomic mass is 35.5. The van der Waals surface area contributed by atoms with Crippen LogP contribution in [0.5, 0.6) is 0 Å². The molecule has 0 saturated carbocycles. The number of piperidine rings is 1. The molecule has 0 bridgehead atoms. The highest BCUT2D eigenvalue weighted by Gasteiger charge is 2.32. The van der Waals surface area contributed by atoms with Crippen LogP contribution < -0.4 is 5.32 Å². The third kappa shape index (κ3) is 6.11. The van der Waals surface area contributed by atoms with Crippen molar-refractivity contribution in [2.75, 3.05) is 52.5 Å². The molecule has 1 aromatic carbocycles. The average molecular weight is 448 g/mol. The van der Waals surface area contributed by atoms with E-state index in [0.717, 1.165) is 32.8 Å². The molecule has 2 fully saturated rings. The van der Waals surface area contributed by atoms with Gasteiger partial charge in [0, 0.05) is 55.8 Å². The first kappa shape index (κ1) is 22.4. The standard InChI is InChI=1S/C19H27ClFN3O4S/c20-17-2-1-3-18(21)16(17)14-29(26,27)24-7-4-15(5-8-24)19(25)22-6-9-23-10-12-28-13-11-23/h1-3,15H,4-14H2,(H,22,25). The second-order valence-corrected chi connectivity index (χ2v) is 9.75. The van der Waals surface area contributed by atoms with Gasteiger partial charge in [0.2, 0.25) is 15.9 Å². The van der Waals surface area contributed by atoms with Crippen molar-refractivity contribution < 1.29 is 22.3 Å². The summed E-state index contributed by atoms with van der Waals surface area (Å²) in [7, 11) is -3.70. The Kier molecular flexibility index (Phi) is 7.86. The van der Waals surface area contributed by atoms with Gasteiger partial charge in [0.1, 0.15) is 5.82 Å². The van der Waals surface area contributed by atoms with E-state index in [-0.39, 0.29) is 35.5 Å². The van der Waals surface area contributed by atoms with Crippen LogP contribution in [0.1, 0.15) is 18.4 Å². The van der Waals surface area contributed by atoms with E-state index < -0.39 is 21.6 Å². The van der Waals surface area contributed by atoms with Crippen LogP contribution in [0, 0.1) is 11.7 Å². The molecule has 1 amide bonds. The van der Waals surface area contributed by atoms with Gasteiger partial charge in [0.05, 0.1) is 19.0 Å². The molecule has 7 nitrogen and oxygen atoms in total. The molecule has 3 rings (SSSR count). The predicted octanol–water partition coefficient (Wildman–Crippen LogP) is 1.47. The summed E-state index contributed by atoms with van der Waals surface area (Å²) < 4.78 is 45.9. The van der Waals surface area contributed by atoms with Crippen LogP contribution in [0.2, 0.25) is 5.02 Å². The van der Waals surface area contributed by atoms with Crippen LogP contribution in [0.15, 0.2) is 18.2 Å². The zero-order valence-corrected chi connectivity index (χ0v) is 17.9. The van der Waals surface area contributed by atoms with Gasteiger partial charge in [0.25, 0.3) is 0 Å². The molecule has 0 spiro atoms.